The van der Waals surface area contributed by atoms with Crippen LogP contribution in [0.3, 0.4) is 0 Å². The molecule has 1 unspecified atom stereocenters. The molecule has 18 heavy (non-hydrogen) atoms. The highest BCUT2D eigenvalue weighted by Crippen LogP contribution is 2.18. The molecule has 96 valence electrons. The van der Waals surface area contributed by atoms with E-state index < -0.39 is 0 Å². The van der Waals surface area contributed by atoms with Gasteiger partial charge in [-0.3, -0.25) is 0 Å². The highest BCUT2D eigenvalue weighted by Gasteiger charge is 2.18. The van der Waals surface area contributed by atoms with Crippen LogP contribution in [0.4, 0.5) is 0 Å². The zero-order valence-electron chi connectivity index (χ0n) is 10.7. The van der Waals surface area contributed by atoms with E-state index in [-0.39, 0.29) is 6.61 Å². The molecule has 1 aromatic carbocycles. The van der Waals surface area contributed by atoms with Gasteiger partial charge >= 0.3 is 0 Å². The second-order valence-electron chi connectivity index (χ2n) is 4.68. The van der Waals surface area contributed by atoms with Gasteiger partial charge in [-0.05, 0) is 26.1 Å². The van der Waals surface area contributed by atoms with E-state index in [4.69, 9.17) is 10.00 Å². The minimum atomic E-state index is 0.100. The molecular formula is C14H19N3O. The molecule has 0 amide bonds. The van der Waals surface area contributed by atoms with Crippen molar-refractivity contribution in [2.45, 2.75) is 19.0 Å². The van der Waals surface area contributed by atoms with Crippen molar-refractivity contribution in [1.82, 2.24) is 10.2 Å². The number of rotatable bonds is 5. The molecule has 1 atom stereocenters. The molecular weight excluding hydrogens is 226 g/mol. The number of nitrogens with zero attached hydrogens (tertiary/aromatic N) is 2. The van der Waals surface area contributed by atoms with E-state index in [0.29, 0.717) is 6.04 Å². The summed E-state index contributed by atoms with van der Waals surface area (Å²) in [6, 6.07) is 10.4. The molecule has 0 aliphatic carbocycles. The number of benzene rings is 1. The molecule has 1 aliphatic heterocycles. The summed E-state index contributed by atoms with van der Waals surface area (Å²) >= 11 is 0. The monoisotopic (exact) mass is 245 g/mol. The second-order valence-corrected chi connectivity index (χ2v) is 4.68. The first-order chi connectivity index (χ1) is 8.79. The van der Waals surface area contributed by atoms with Crippen molar-refractivity contribution in [3.05, 3.63) is 29.8 Å². The lowest BCUT2D eigenvalue weighted by atomic mass is 10.2. The van der Waals surface area contributed by atoms with Crippen LogP contribution in [-0.2, 0) is 6.54 Å². The van der Waals surface area contributed by atoms with E-state index in [1.165, 1.54) is 6.42 Å². The number of likely N-dealkylation sites (N-methyl/N-ethyl adjacent to an activating group) is 1. The van der Waals surface area contributed by atoms with E-state index in [0.717, 1.165) is 30.9 Å². The maximum Gasteiger partial charge on any atom is 0.174 e. The van der Waals surface area contributed by atoms with Crippen molar-refractivity contribution in [3.8, 4) is 11.8 Å². The van der Waals surface area contributed by atoms with Gasteiger partial charge < -0.3 is 15.0 Å². The summed E-state index contributed by atoms with van der Waals surface area (Å²) in [4.78, 5) is 2.33. The Hall–Kier alpha value is -1.57. The Morgan fingerprint density at radius 2 is 2.33 bits per heavy atom. The number of likely N-dealkylation sites (tertiary alicyclic amines) is 1. The van der Waals surface area contributed by atoms with Crippen molar-refractivity contribution < 1.29 is 4.74 Å². The molecule has 0 saturated carbocycles. The predicted molar refractivity (Wildman–Crippen MR) is 70.3 cm³/mol. The van der Waals surface area contributed by atoms with Gasteiger partial charge in [0, 0.05) is 24.7 Å². The zero-order valence-corrected chi connectivity index (χ0v) is 10.7. The molecule has 1 N–H and O–H groups in total. The highest BCUT2D eigenvalue weighted by molar-refractivity contribution is 5.33. The van der Waals surface area contributed by atoms with Crippen LogP contribution in [0.15, 0.2) is 24.3 Å². The van der Waals surface area contributed by atoms with E-state index in [2.05, 4.69) is 17.3 Å². The zero-order chi connectivity index (χ0) is 12.8. The van der Waals surface area contributed by atoms with Crippen molar-refractivity contribution >= 4 is 0 Å². The summed E-state index contributed by atoms with van der Waals surface area (Å²) in [5, 5.41) is 12.1. The second kappa shape index (κ2) is 6.39. The lowest BCUT2D eigenvalue weighted by Crippen LogP contribution is -2.31. The fourth-order valence-electron chi connectivity index (χ4n) is 2.26. The molecule has 0 aromatic heterocycles. The molecule has 2 rings (SSSR count). The minimum absolute atomic E-state index is 0.100. The first-order valence-electron chi connectivity index (χ1n) is 6.29. The summed E-state index contributed by atoms with van der Waals surface area (Å²) in [6.45, 7) is 3.15. The SMILES string of the molecule is CN1CCC(NCc2ccccc2OCC#N)C1. The highest BCUT2D eigenvalue weighted by atomic mass is 16.5. The van der Waals surface area contributed by atoms with Crippen molar-refractivity contribution in [1.29, 1.82) is 5.26 Å². The van der Waals surface area contributed by atoms with Gasteiger partial charge in [0.2, 0.25) is 0 Å². The van der Waals surface area contributed by atoms with Crippen molar-refractivity contribution in [2.75, 3.05) is 26.7 Å². The van der Waals surface area contributed by atoms with Crippen LogP contribution in [0, 0.1) is 11.3 Å². The van der Waals surface area contributed by atoms with E-state index in [1.807, 2.05) is 30.3 Å². The minimum Gasteiger partial charge on any atom is -0.478 e. The largest absolute Gasteiger partial charge is 0.478 e. The van der Waals surface area contributed by atoms with Gasteiger partial charge in [-0.25, -0.2) is 0 Å². The van der Waals surface area contributed by atoms with Crippen LogP contribution in [0.2, 0.25) is 0 Å². The van der Waals surface area contributed by atoms with E-state index in [1.54, 1.807) is 0 Å². The number of nitriles is 1. The van der Waals surface area contributed by atoms with Crippen molar-refractivity contribution in [2.24, 2.45) is 0 Å². The fourth-order valence-corrected chi connectivity index (χ4v) is 2.26. The van der Waals surface area contributed by atoms with E-state index >= 15 is 0 Å². The number of hydrogen-bond acceptors (Lipinski definition) is 4. The lowest BCUT2D eigenvalue weighted by Gasteiger charge is -2.14. The quantitative estimate of drug-likeness (QED) is 0.851. The third-order valence-electron chi connectivity index (χ3n) is 3.24. The Kier molecular flexibility index (Phi) is 4.57. The number of nitrogens with one attached hydrogen (secondary N) is 1. The summed E-state index contributed by atoms with van der Waals surface area (Å²) in [5.41, 5.74) is 1.11. The van der Waals surface area contributed by atoms with Crippen molar-refractivity contribution in [3.63, 3.8) is 0 Å². The molecule has 4 nitrogen and oxygen atoms in total. The van der Waals surface area contributed by atoms with Gasteiger partial charge in [0.05, 0.1) is 0 Å². The smallest absolute Gasteiger partial charge is 0.174 e. The molecule has 1 saturated heterocycles. The Bertz CT molecular complexity index is 427. The third-order valence-corrected chi connectivity index (χ3v) is 3.24. The normalized spacial score (nSPS) is 19.7. The summed E-state index contributed by atoms with van der Waals surface area (Å²) < 4.78 is 5.41. The topological polar surface area (TPSA) is 48.3 Å². The number of hydrogen-bond donors (Lipinski definition) is 1. The predicted octanol–water partition coefficient (Wildman–Crippen LogP) is 1.38. The maximum absolute atomic E-state index is 8.55. The first-order valence-corrected chi connectivity index (χ1v) is 6.29. The van der Waals surface area contributed by atoms with Gasteiger partial charge in [-0.2, -0.15) is 5.26 Å². The average molecular weight is 245 g/mol. The molecule has 0 radical (unpaired) electrons. The van der Waals surface area contributed by atoms with Gasteiger partial charge in [-0.1, -0.05) is 18.2 Å². The van der Waals surface area contributed by atoms with Gasteiger partial charge in [0.1, 0.15) is 11.8 Å². The molecule has 1 aliphatic rings. The maximum atomic E-state index is 8.55. The third kappa shape index (κ3) is 3.46. The van der Waals surface area contributed by atoms with Crippen LogP contribution in [0.5, 0.6) is 5.75 Å². The number of para-hydroxylation sites is 1. The molecule has 1 fully saturated rings. The van der Waals surface area contributed by atoms with Gasteiger partial charge in [0.15, 0.2) is 6.61 Å². The van der Waals surface area contributed by atoms with Crippen LogP contribution >= 0.6 is 0 Å². The summed E-state index contributed by atoms with van der Waals surface area (Å²) in [6.07, 6.45) is 1.19. The Labute approximate surface area is 108 Å². The molecule has 1 heterocycles. The van der Waals surface area contributed by atoms with Crippen LogP contribution in [-0.4, -0.2) is 37.7 Å². The van der Waals surface area contributed by atoms with Gasteiger partial charge in [-0.15, -0.1) is 0 Å². The lowest BCUT2D eigenvalue weighted by molar-refractivity contribution is 0.360. The van der Waals surface area contributed by atoms with Crippen LogP contribution < -0.4 is 10.1 Å². The molecule has 0 bridgehead atoms. The average Bonchev–Trinajstić information content (AvgIpc) is 2.81. The number of ether oxygens (including phenoxy) is 1. The van der Waals surface area contributed by atoms with Crippen LogP contribution in [0.1, 0.15) is 12.0 Å². The Balaban J connectivity index is 1.90. The summed E-state index contributed by atoms with van der Waals surface area (Å²) in [7, 11) is 2.14. The van der Waals surface area contributed by atoms with E-state index in [9.17, 15) is 0 Å². The molecule has 4 heteroatoms. The molecule has 1 aromatic rings. The Morgan fingerprint density at radius 1 is 1.50 bits per heavy atom. The fraction of sp³-hybridized carbons (Fsp3) is 0.500. The standard InChI is InChI=1S/C14H19N3O/c1-17-8-6-13(11-17)16-10-12-4-2-3-5-14(12)18-9-7-15/h2-5,13,16H,6,8-11H2,1H3. The van der Waals surface area contributed by atoms with Gasteiger partial charge in [0.25, 0.3) is 0 Å². The summed E-state index contributed by atoms with van der Waals surface area (Å²) in [5.74, 6) is 0.804. The molecule has 0 spiro atoms. The Morgan fingerprint density at radius 3 is 3.06 bits per heavy atom. The van der Waals surface area contributed by atoms with Crippen LogP contribution in [0.25, 0.3) is 0 Å². The first kappa shape index (κ1) is 12.9.